The zero-order valence-electron chi connectivity index (χ0n) is 7.62. The summed E-state index contributed by atoms with van der Waals surface area (Å²) < 4.78 is 0. The topological polar surface area (TPSA) is 64.3 Å². The first-order valence-electron chi connectivity index (χ1n) is 4.49. The molecule has 0 aliphatic heterocycles. The molecule has 0 fully saturated rings. The maximum Gasteiger partial charge on any atom is 0.132 e. The molecule has 1 aromatic rings. The number of phenolic OH excluding ortho intramolecular Hbond substituents is 2. The van der Waals surface area contributed by atoms with Crippen LogP contribution in [0.15, 0.2) is 12.1 Å². The average molecular weight is 189 g/mol. The monoisotopic (exact) mass is 189 g/mol. The predicted molar refractivity (Wildman–Crippen MR) is 55.0 cm³/mol. The molecule has 0 saturated heterocycles. The smallest absolute Gasteiger partial charge is 0.132 e. The standard InChI is InChI=1S/C11H11NO2/c12-6-7-5-10(13)8-3-1-2-4-9(8)11(7)14/h2,4-6,12-14H,1,3H2. The van der Waals surface area contributed by atoms with Gasteiger partial charge in [0.05, 0.1) is 0 Å². The molecule has 1 aliphatic carbocycles. The van der Waals surface area contributed by atoms with Crippen LogP contribution in [0.5, 0.6) is 11.5 Å². The van der Waals surface area contributed by atoms with Crippen molar-refractivity contribution in [3.05, 3.63) is 28.8 Å². The van der Waals surface area contributed by atoms with E-state index in [9.17, 15) is 10.2 Å². The lowest BCUT2D eigenvalue weighted by atomic mass is 9.93. The predicted octanol–water partition coefficient (Wildman–Crippen LogP) is 2.05. The lowest BCUT2D eigenvalue weighted by Crippen LogP contribution is -1.97. The molecule has 14 heavy (non-hydrogen) atoms. The number of hydrogen-bond acceptors (Lipinski definition) is 3. The Balaban J connectivity index is 2.72. The highest BCUT2D eigenvalue weighted by Crippen LogP contribution is 2.36. The number of nitrogens with one attached hydrogen (secondary N) is 1. The van der Waals surface area contributed by atoms with Crippen LogP contribution < -0.4 is 0 Å². The number of fused-ring (bicyclic) bond motifs is 1. The summed E-state index contributed by atoms with van der Waals surface area (Å²) in [4.78, 5) is 0. The van der Waals surface area contributed by atoms with E-state index in [4.69, 9.17) is 5.41 Å². The molecule has 0 saturated carbocycles. The summed E-state index contributed by atoms with van der Waals surface area (Å²) in [6.07, 6.45) is 6.40. The summed E-state index contributed by atoms with van der Waals surface area (Å²) >= 11 is 0. The van der Waals surface area contributed by atoms with Crippen molar-refractivity contribution in [2.75, 3.05) is 0 Å². The van der Waals surface area contributed by atoms with Crippen molar-refractivity contribution < 1.29 is 10.2 Å². The van der Waals surface area contributed by atoms with Crippen molar-refractivity contribution in [1.29, 1.82) is 5.41 Å². The average Bonchev–Trinajstić information content (AvgIpc) is 2.23. The first-order chi connectivity index (χ1) is 6.74. The van der Waals surface area contributed by atoms with Crippen LogP contribution in [0.1, 0.15) is 23.1 Å². The second-order valence-corrected chi connectivity index (χ2v) is 3.31. The van der Waals surface area contributed by atoms with Gasteiger partial charge in [0.1, 0.15) is 11.5 Å². The fourth-order valence-electron chi connectivity index (χ4n) is 1.72. The van der Waals surface area contributed by atoms with E-state index in [1.165, 1.54) is 6.07 Å². The Morgan fingerprint density at radius 2 is 2.14 bits per heavy atom. The van der Waals surface area contributed by atoms with Crippen LogP contribution >= 0.6 is 0 Å². The SMILES string of the molecule is N=Cc1cc(O)c2c(c1O)C=CCC2. The maximum atomic E-state index is 9.75. The van der Waals surface area contributed by atoms with Gasteiger partial charge in [0.15, 0.2) is 0 Å². The van der Waals surface area contributed by atoms with E-state index >= 15 is 0 Å². The van der Waals surface area contributed by atoms with Crippen molar-refractivity contribution in [3.8, 4) is 11.5 Å². The number of benzene rings is 1. The van der Waals surface area contributed by atoms with Gasteiger partial charge in [0, 0.05) is 22.9 Å². The van der Waals surface area contributed by atoms with Crippen molar-refractivity contribution in [3.63, 3.8) is 0 Å². The molecule has 0 heterocycles. The van der Waals surface area contributed by atoms with Crippen molar-refractivity contribution >= 4 is 12.3 Å². The van der Waals surface area contributed by atoms with Crippen LogP contribution in [0.4, 0.5) is 0 Å². The van der Waals surface area contributed by atoms with Gasteiger partial charge in [0.2, 0.25) is 0 Å². The highest BCUT2D eigenvalue weighted by molar-refractivity contribution is 5.86. The minimum Gasteiger partial charge on any atom is -0.508 e. The number of phenols is 2. The van der Waals surface area contributed by atoms with Gasteiger partial charge < -0.3 is 15.6 Å². The zero-order valence-corrected chi connectivity index (χ0v) is 7.62. The van der Waals surface area contributed by atoms with E-state index in [-0.39, 0.29) is 11.5 Å². The Labute approximate surface area is 81.8 Å². The summed E-state index contributed by atoms with van der Waals surface area (Å²) in [6, 6.07) is 1.43. The number of aromatic hydroxyl groups is 2. The lowest BCUT2D eigenvalue weighted by Gasteiger charge is -2.15. The fourth-order valence-corrected chi connectivity index (χ4v) is 1.72. The third kappa shape index (κ3) is 1.18. The highest BCUT2D eigenvalue weighted by Gasteiger charge is 2.16. The molecule has 0 aromatic heterocycles. The van der Waals surface area contributed by atoms with Gasteiger partial charge in [-0.2, -0.15) is 0 Å². The Morgan fingerprint density at radius 3 is 2.86 bits per heavy atom. The number of hydrogen-bond donors (Lipinski definition) is 3. The highest BCUT2D eigenvalue weighted by atomic mass is 16.3. The third-order valence-corrected chi connectivity index (χ3v) is 2.46. The van der Waals surface area contributed by atoms with Gasteiger partial charge in [0.25, 0.3) is 0 Å². The van der Waals surface area contributed by atoms with E-state index in [1.54, 1.807) is 6.08 Å². The van der Waals surface area contributed by atoms with Crippen molar-refractivity contribution in [2.24, 2.45) is 0 Å². The fraction of sp³-hybridized carbons (Fsp3) is 0.182. The van der Waals surface area contributed by atoms with E-state index in [2.05, 4.69) is 0 Å². The van der Waals surface area contributed by atoms with Crippen LogP contribution in [0, 0.1) is 5.41 Å². The quantitative estimate of drug-likeness (QED) is 0.467. The van der Waals surface area contributed by atoms with E-state index in [0.29, 0.717) is 11.1 Å². The minimum atomic E-state index is 0.0868. The number of allylic oxidation sites excluding steroid dienone is 1. The Morgan fingerprint density at radius 1 is 1.36 bits per heavy atom. The zero-order chi connectivity index (χ0) is 10.1. The second kappa shape index (κ2) is 3.18. The molecule has 1 aromatic carbocycles. The molecule has 3 heteroatoms. The molecule has 3 nitrogen and oxygen atoms in total. The summed E-state index contributed by atoms with van der Waals surface area (Å²) in [5, 5.41) is 26.5. The lowest BCUT2D eigenvalue weighted by molar-refractivity contribution is 0.451. The van der Waals surface area contributed by atoms with Gasteiger partial charge in [-0.3, -0.25) is 0 Å². The van der Waals surface area contributed by atoms with Gasteiger partial charge >= 0.3 is 0 Å². The van der Waals surface area contributed by atoms with Crippen LogP contribution in [-0.2, 0) is 6.42 Å². The summed E-state index contributed by atoms with van der Waals surface area (Å²) in [6.45, 7) is 0. The third-order valence-electron chi connectivity index (χ3n) is 2.46. The van der Waals surface area contributed by atoms with Crippen LogP contribution in [0.2, 0.25) is 0 Å². The molecule has 72 valence electrons. The summed E-state index contributed by atoms with van der Waals surface area (Å²) in [5.41, 5.74) is 1.78. The van der Waals surface area contributed by atoms with Crippen LogP contribution in [0.25, 0.3) is 6.08 Å². The van der Waals surface area contributed by atoms with Crippen molar-refractivity contribution in [1.82, 2.24) is 0 Å². The van der Waals surface area contributed by atoms with Crippen LogP contribution in [-0.4, -0.2) is 16.4 Å². The molecular formula is C11H11NO2. The molecule has 0 atom stereocenters. The van der Waals surface area contributed by atoms with Gasteiger partial charge in [-0.05, 0) is 18.9 Å². The normalized spacial score (nSPS) is 13.7. The largest absolute Gasteiger partial charge is 0.508 e. The molecule has 2 rings (SSSR count). The summed E-state index contributed by atoms with van der Waals surface area (Å²) in [7, 11) is 0. The molecule has 0 spiro atoms. The molecule has 0 amide bonds. The van der Waals surface area contributed by atoms with E-state index in [0.717, 1.165) is 24.6 Å². The van der Waals surface area contributed by atoms with Crippen molar-refractivity contribution in [2.45, 2.75) is 12.8 Å². The Hall–Kier alpha value is -1.77. The van der Waals surface area contributed by atoms with Gasteiger partial charge in [-0.1, -0.05) is 12.2 Å². The van der Waals surface area contributed by atoms with E-state index < -0.39 is 0 Å². The Kier molecular flexibility index (Phi) is 2.00. The summed E-state index contributed by atoms with van der Waals surface area (Å²) in [5.74, 6) is 0.254. The van der Waals surface area contributed by atoms with E-state index in [1.807, 2.05) is 6.08 Å². The minimum absolute atomic E-state index is 0.0868. The molecule has 0 bridgehead atoms. The maximum absolute atomic E-state index is 9.75. The molecule has 1 aliphatic rings. The van der Waals surface area contributed by atoms with Crippen LogP contribution in [0.3, 0.4) is 0 Å². The second-order valence-electron chi connectivity index (χ2n) is 3.31. The molecule has 0 unspecified atom stereocenters. The van der Waals surface area contributed by atoms with Gasteiger partial charge in [-0.25, -0.2) is 0 Å². The Bertz CT molecular complexity index is 422. The molecule has 3 N–H and O–H groups in total. The first kappa shape index (κ1) is 8.81. The number of rotatable bonds is 1. The molecule has 0 radical (unpaired) electrons. The molecular weight excluding hydrogens is 178 g/mol. The van der Waals surface area contributed by atoms with Gasteiger partial charge in [-0.15, -0.1) is 0 Å². The first-order valence-corrected chi connectivity index (χ1v) is 4.49.